The van der Waals surface area contributed by atoms with Crippen LogP contribution < -0.4 is 10.1 Å². The van der Waals surface area contributed by atoms with E-state index in [0.29, 0.717) is 6.54 Å². The molecule has 0 aliphatic carbocycles. The normalized spacial score (nSPS) is 12.1. The first-order chi connectivity index (χ1) is 9.78. The maximum absolute atomic E-state index is 9.50. The van der Waals surface area contributed by atoms with Crippen LogP contribution in [0.5, 0.6) is 11.5 Å². The van der Waals surface area contributed by atoms with Gasteiger partial charge in [-0.3, -0.25) is 0 Å². The van der Waals surface area contributed by atoms with E-state index in [1.807, 2.05) is 61.5 Å². The lowest BCUT2D eigenvalue weighted by Crippen LogP contribution is -2.25. The van der Waals surface area contributed by atoms with Crippen molar-refractivity contribution in [3.63, 3.8) is 0 Å². The van der Waals surface area contributed by atoms with Crippen LogP contribution in [-0.4, -0.2) is 17.8 Å². The zero-order valence-electron chi connectivity index (χ0n) is 11.8. The highest BCUT2D eigenvalue weighted by atomic mass is 16.5. The fourth-order valence-electron chi connectivity index (χ4n) is 1.87. The van der Waals surface area contributed by atoms with Crippen molar-refractivity contribution in [1.29, 1.82) is 0 Å². The highest BCUT2D eigenvalue weighted by molar-refractivity contribution is 5.33. The van der Waals surface area contributed by atoms with E-state index in [4.69, 9.17) is 4.74 Å². The van der Waals surface area contributed by atoms with Crippen LogP contribution >= 0.6 is 0 Å². The van der Waals surface area contributed by atoms with E-state index in [0.717, 1.165) is 30.0 Å². The van der Waals surface area contributed by atoms with Gasteiger partial charge in [-0.2, -0.15) is 0 Å². The number of hydrogen-bond donors (Lipinski definition) is 2. The molecule has 0 spiro atoms. The molecule has 0 aromatic heterocycles. The summed E-state index contributed by atoms with van der Waals surface area (Å²) in [6, 6.07) is 17.7. The van der Waals surface area contributed by atoms with Crippen molar-refractivity contribution in [1.82, 2.24) is 5.32 Å². The third-order valence-corrected chi connectivity index (χ3v) is 3.06. The van der Waals surface area contributed by atoms with Crippen molar-refractivity contribution < 1.29 is 9.84 Å². The molecule has 2 N–H and O–H groups in total. The number of rotatable bonds is 7. The van der Waals surface area contributed by atoms with Gasteiger partial charge in [0.05, 0.1) is 6.10 Å². The molecule has 0 aliphatic rings. The molecule has 0 saturated carbocycles. The second-order valence-electron chi connectivity index (χ2n) is 4.76. The predicted octanol–water partition coefficient (Wildman–Crippen LogP) is 3.34. The van der Waals surface area contributed by atoms with Crippen molar-refractivity contribution in [2.24, 2.45) is 0 Å². The van der Waals surface area contributed by atoms with Crippen molar-refractivity contribution in [3.8, 4) is 11.5 Å². The molecular formula is C17H21NO2. The molecule has 3 heteroatoms. The van der Waals surface area contributed by atoms with Gasteiger partial charge in [0.25, 0.3) is 0 Å². The summed E-state index contributed by atoms with van der Waals surface area (Å²) >= 11 is 0. The number of hydrogen-bond acceptors (Lipinski definition) is 3. The van der Waals surface area contributed by atoms with Crippen molar-refractivity contribution in [2.75, 3.05) is 6.54 Å². The van der Waals surface area contributed by atoms with E-state index in [2.05, 4.69) is 5.32 Å². The lowest BCUT2D eigenvalue weighted by molar-refractivity contribution is 0.167. The summed E-state index contributed by atoms with van der Waals surface area (Å²) in [5.41, 5.74) is 1.14. The molecule has 2 aromatic rings. The second kappa shape index (κ2) is 7.68. The summed E-state index contributed by atoms with van der Waals surface area (Å²) in [7, 11) is 0. The first kappa shape index (κ1) is 14.6. The maximum atomic E-state index is 9.50. The predicted molar refractivity (Wildman–Crippen MR) is 81.0 cm³/mol. The van der Waals surface area contributed by atoms with Crippen LogP contribution in [0.4, 0.5) is 0 Å². The fraction of sp³-hybridized carbons (Fsp3) is 0.294. The highest BCUT2D eigenvalue weighted by Crippen LogP contribution is 2.21. The average molecular weight is 271 g/mol. The van der Waals surface area contributed by atoms with Crippen LogP contribution in [0.2, 0.25) is 0 Å². The van der Waals surface area contributed by atoms with E-state index in [1.54, 1.807) is 0 Å². The number of benzene rings is 2. The van der Waals surface area contributed by atoms with E-state index in [1.165, 1.54) is 0 Å². The molecule has 0 saturated heterocycles. The molecule has 1 atom stereocenters. The first-order valence-electron chi connectivity index (χ1n) is 6.98. The topological polar surface area (TPSA) is 41.5 Å². The Bertz CT molecular complexity index is 513. The van der Waals surface area contributed by atoms with Crippen LogP contribution in [0.25, 0.3) is 0 Å². The van der Waals surface area contributed by atoms with Gasteiger partial charge in [0.15, 0.2) is 0 Å². The van der Waals surface area contributed by atoms with Gasteiger partial charge >= 0.3 is 0 Å². The summed E-state index contributed by atoms with van der Waals surface area (Å²) in [4.78, 5) is 0. The molecule has 0 radical (unpaired) electrons. The minimum Gasteiger partial charge on any atom is -0.457 e. The number of aliphatic hydroxyl groups is 1. The molecule has 2 rings (SSSR count). The smallest absolute Gasteiger partial charge is 0.127 e. The molecule has 3 nitrogen and oxygen atoms in total. The largest absolute Gasteiger partial charge is 0.457 e. The lowest BCUT2D eigenvalue weighted by Gasteiger charge is -2.10. The highest BCUT2D eigenvalue weighted by Gasteiger charge is 2.01. The first-order valence-corrected chi connectivity index (χ1v) is 6.98. The Labute approximate surface area is 120 Å². The molecule has 0 aliphatic heterocycles. The van der Waals surface area contributed by atoms with Gasteiger partial charge in [0.1, 0.15) is 11.5 Å². The number of ether oxygens (including phenoxy) is 1. The molecule has 106 valence electrons. The quantitative estimate of drug-likeness (QED) is 0.811. The van der Waals surface area contributed by atoms with Crippen molar-refractivity contribution in [2.45, 2.75) is 26.0 Å². The number of nitrogens with one attached hydrogen (secondary N) is 1. The number of para-hydroxylation sites is 1. The van der Waals surface area contributed by atoms with Crippen LogP contribution in [-0.2, 0) is 6.54 Å². The Morgan fingerprint density at radius 3 is 2.55 bits per heavy atom. The molecule has 0 fully saturated rings. The van der Waals surface area contributed by atoms with E-state index >= 15 is 0 Å². The summed E-state index contributed by atoms with van der Waals surface area (Å²) < 4.78 is 5.79. The minimum atomic E-state index is -0.279. The van der Waals surface area contributed by atoms with E-state index in [9.17, 15) is 5.11 Å². The molecule has 0 heterocycles. The molecule has 20 heavy (non-hydrogen) atoms. The van der Waals surface area contributed by atoms with Gasteiger partial charge < -0.3 is 15.2 Å². The standard InChI is InChI=1S/C17H21NO2/c1-2-15(19)13-18-12-14-7-6-10-17(11-14)20-16-8-4-3-5-9-16/h3-11,15,18-19H,2,12-13H2,1H3. The Morgan fingerprint density at radius 2 is 1.80 bits per heavy atom. The average Bonchev–Trinajstić information content (AvgIpc) is 2.48. The molecule has 0 bridgehead atoms. The van der Waals surface area contributed by atoms with Gasteiger partial charge in [-0.05, 0) is 36.2 Å². The summed E-state index contributed by atoms with van der Waals surface area (Å²) in [5.74, 6) is 1.66. The Kier molecular flexibility index (Phi) is 5.59. The van der Waals surface area contributed by atoms with Gasteiger partial charge in [0.2, 0.25) is 0 Å². The van der Waals surface area contributed by atoms with E-state index < -0.39 is 0 Å². The molecular weight excluding hydrogens is 250 g/mol. The molecule has 1 unspecified atom stereocenters. The summed E-state index contributed by atoms with van der Waals surface area (Å²) in [6.07, 6.45) is 0.489. The van der Waals surface area contributed by atoms with Gasteiger partial charge in [0, 0.05) is 13.1 Å². The minimum absolute atomic E-state index is 0.279. The van der Waals surface area contributed by atoms with Gasteiger partial charge in [-0.15, -0.1) is 0 Å². The Balaban J connectivity index is 1.91. The fourth-order valence-corrected chi connectivity index (χ4v) is 1.87. The van der Waals surface area contributed by atoms with Crippen molar-refractivity contribution >= 4 is 0 Å². The van der Waals surface area contributed by atoms with Gasteiger partial charge in [-0.1, -0.05) is 37.3 Å². The summed E-state index contributed by atoms with van der Waals surface area (Å²) in [5, 5.41) is 12.7. The SMILES string of the molecule is CCC(O)CNCc1cccc(Oc2ccccc2)c1. The zero-order valence-corrected chi connectivity index (χ0v) is 11.8. The van der Waals surface area contributed by atoms with E-state index in [-0.39, 0.29) is 6.10 Å². The van der Waals surface area contributed by atoms with Crippen molar-refractivity contribution in [3.05, 3.63) is 60.2 Å². The van der Waals surface area contributed by atoms with Crippen LogP contribution in [0.1, 0.15) is 18.9 Å². The third kappa shape index (κ3) is 4.68. The van der Waals surface area contributed by atoms with Crippen LogP contribution in [0, 0.1) is 0 Å². The summed E-state index contributed by atoms with van der Waals surface area (Å²) in [6.45, 7) is 3.31. The third-order valence-electron chi connectivity index (χ3n) is 3.06. The lowest BCUT2D eigenvalue weighted by atomic mass is 10.2. The molecule has 2 aromatic carbocycles. The maximum Gasteiger partial charge on any atom is 0.127 e. The molecule has 0 amide bonds. The Morgan fingerprint density at radius 1 is 1.05 bits per heavy atom. The number of aliphatic hydroxyl groups excluding tert-OH is 1. The second-order valence-corrected chi connectivity index (χ2v) is 4.76. The van der Waals surface area contributed by atoms with Crippen LogP contribution in [0.3, 0.4) is 0 Å². The monoisotopic (exact) mass is 271 g/mol. The van der Waals surface area contributed by atoms with Gasteiger partial charge in [-0.25, -0.2) is 0 Å². The Hall–Kier alpha value is -1.84. The zero-order chi connectivity index (χ0) is 14.2. The van der Waals surface area contributed by atoms with Crippen LogP contribution in [0.15, 0.2) is 54.6 Å².